The van der Waals surface area contributed by atoms with Crippen LogP contribution in [0.15, 0.2) is 35.7 Å². The minimum atomic E-state index is 0.351. The number of anilines is 1. The lowest BCUT2D eigenvalue weighted by molar-refractivity contribution is 0.207. The van der Waals surface area contributed by atoms with E-state index < -0.39 is 0 Å². The van der Waals surface area contributed by atoms with Gasteiger partial charge in [-0.15, -0.1) is 11.8 Å². The molecule has 1 aliphatic heterocycles. The van der Waals surface area contributed by atoms with Gasteiger partial charge in [-0.2, -0.15) is 0 Å². The highest BCUT2D eigenvalue weighted by Crippen LogP contribution is 2.26. The summed E-state index contributed by atoms with van der Waals surface area (Å²) in [6.07, 6.45) is 7.09. The molecule has 2 aromatic heterocycles. The molecule has 2 aromatic rings. The van der Waals surface area contributed by atoms with Crippen LogP contribution in [0, 0.1) is 0 Å². The number of piperazine rings is 1. The van der Waals surface area contributed by atoms with E-state index in [0.717, 1.165) is 36.2 Å². The summed E-state index contributed by atoms with van der Waals surface area (Å²) in [5, 5.41) is 4.25. The number of nitrogens with zero attached hydrogens (tertiary/aromatic N) is 4. The number of thioether (sulfide) groups is 1. The largest absolute Gasteiger partial charge is 0.487 e. The Labute approximate surface area is 152 Å². The number of nitrogens with one attached hydrogen (secondary N) is 1. The van der Waals surface area contributed by atoms with E-state index in [9.17, 15) is 0 Å². The minimum absolute atomic E-state index is 0.351. The molecule has 1 atom stereocenters. The molecule has 0 aromatic carbocycles. The lowest BCUT2D eigenvalue weighted by atomic mass is 10.2. The first kappa shape index (κ1) is 17.8. The molecular formula is C17H23N5O2S. The number of hydrogen-bond acceptors (Lipinski definition) is 8. The van der Waals surface area contributed by atoms with Crippen molar-refractivity contribution in [3.05, 3.63) is 30.7 Å². The average molecular weight is 361 g/mol. The van der Waals surface area contributed by atoms with Crippen LogP contribution in [0.4, 0.5) is 5.82 Å². The molecule has 0 radical (unpaired) electrons. The second-order valence-electron chi connectivity index (χ2n) is 5.64. The Balaban J connectivity index is 1.58. The van der Waals surface area contributed by atoms with Crippen LogP contribution in [0.5, 0.6) is 11.6 Å². The highest BCUT2D eigenvalue weighted by atomic mass is 32.2. The molecule has 0 aliphatic carbocycles. The third kappa shape index (κ3) is 4.52. The van der Waals surface area contributed by atoms with Gasteiger partial charge in [0.25, 0.3) is 5.88 Å². The van der Waals surface area contributed by atoms with E-state index >= 15 is 0 Å². The number of aromatic nitrogens is 3. The summed E-state index contributed by atoms with van der Waals surface area (Å²) in [4.78, 5) is 15.3. The molecule has 1 saturated heterocycles. The molecule has 25 heavy (non-hydrogen) atoms. The van der Waals surface area contributed by atoms with Gasteiger partial charge in [0.2, 0.25) is 0 Å². The Morgan fingerprint density at radius 1 is 1.20 bits per heavy atom. The molecular weight excluding hydrogens is 338 g/mol. The van der Waals surface area contributed by atoms with Gasteiger partial charge in [-0.1, -0.05) is 0 Å². The fraction of sp³-hybridized carbons (Fsp3) is 0.471. The summed E-state index contributed by atoms with van der Waals surface area (Å²) in [6, 6.07) is 4.13. The zero-order valence-electron chi connectivity index (χ0n) is 14.5. The smallest absolute Gasteiger partial charge is 0.257 e. The van der Waals surface area contributed by atoms with Gasteiger partial charge in [-0.25, -0.2) is 15.0 Å². The predicted molar refractivity (Wildman–Crippen MR) is 98.7 cm³/mol. The summed E-state index contributed by atoms with van der Waals surface area (Å²) in [7, 11) is 0. The first-order chi connectivity index (χ1) is 12.3. The van der Waals surface area contributed by atoms with Gasteiger partial charge in [0.05, 0.1) is 0 Å². The third-order valence-electron chi connectivity index (χ3n) is 3.93. The summed E-state index contributed by atoms with van der Waals surface area (Å²) in [6.45, 7) is 5.74. The van der Waals surface area contributed by atoms with E-state index in [0.29, 0.717) is 25.1 Å². The second-order valence-corrected chi connectivity index (χ2v) is 6.43. The molecule has 0 unspecified atom stereocenters. The predicted octanol–water partition coefficient (Wildman–Crippen LogP) is 1.85. The van der Waals surface area contributed by atoms with E-state index in [1.54, 1.807) is 30.4 Å². The highest BCUT2D eigenvalue weighted by molar-refractivity contribution is 7.98. The topological polar surface area (TPSA) is 72.4 Å². The lowest BCUT2D eigenvalue weighted by Gasteiger charge is -2.35. The Morgan fingerprint density at radius 3 is 2.88 bits per heavy atom. The van der Waals surface area contributed by atoms with Gasteiger partial charge in [0, 0.05) is 44.3 Å². The van der Waals surface area contributed by atoms with Gasteiger partial charge in [0.15, 0.2) is 11.6 Å². The maximum Gasteiger partial charge on any atom is 0.257 e. The number of ether oxygens (including phenoxy) is 2. The van der Waals surface area contributed by atoms with Gasteiger partial charge in [0.1, 0.15) is 18.2 Å². The van der Waals surface area contributed by atoms with Crippen molar-refractivity contribution in [2.24, 2.45) is 0 Å². The summed E-state index contributed by atoms with van der Waals surface area (Å²) < 4.78 is 11.6. The Kier molecular flexibility index (Phi) is 6.30. The van der Waals surface area contributed by atoms with Gasteiger partial charge >= 0.3 is 0 Å². The van der Waals surface area contributed by atoms with Crippen molar-refractivity contribution in [3.63, 3.8) is 0 Å². The fourth-order valence-electron chi connectivity index (χ4n) is 2.70. The Hall–Kier alpha value is -2.06. The van der Waals surface area contributed by atoms with E-state index in [4.69, 9.17) is 9.47 Å². The van der Waals surface area contributed by atoms with Crippen LogP contribution in [-0.2, 0) is 0 Å². The molecule has 0 amide bonds. The normalized spacial score (nSPS) is 17.4. The van der Waals surface area contributed by atoms with E-state index in [1.807, 2.05) is 18.4 Å². The molecule has 0 spiro atoms. The quantitative estimate of drug-likeness (QED) is 0.592. The van der Waals surface area contributed by atoms with Crippen LogP contribution >= 0.6 is 11.8 Å². The summed E-state index contributed by atoms with van der Waals surface area (Å²) >= 11 is 1.56. The summed E-state index contributed by atoms with van der Waals surface area (Å²) in [5.74, 6) is 2.12. The van der Waals surface area contributed by atoms with Crippen LogP contribution < -0.4 is 19.7 Å². The SMILES string of the molecule is CSc1ncccc1OCCOc1nccnc1N1CCNC[C@H]1C. The maximum atomic E-state index is 5.85. The van der Waals surface area contributed by atoms with E-state index in [-0.39, 0.29) is 0 Å². The number of rotatable bonds is 7. The highest BCUT2D eigenvalue weighted by Gasteiger charge is 2.23. The van der Waals surface area contributed by atoms with Crippen molar-refractivity contribution in [3.8, 4) is 11.6 Å². The van der Waals surface area contributed by atoms with Crippen LogP contribution in [-0.4, -0.2) is 60.1 Å². The summed E-state index contributed by atoms with van der Waals surface area (Å²) in [5.41, 5.74) is 0. The molecule has 0 bridgehead atoms. The lowest BCUT2D eigenvalue weighted by Crippen LogP contribution is -2.50. The van der Waals surface area contributed by atoms with Crippen LogP contribution in [0.2, 0.25) is 0 Å². The van der Waals surface area contributed by atoms with Crippen LogP contribution in [0.25, 0.3) is 0 Å². The van der Waals surface area contributed by atoms with E-state index in [1.165, 1.54) is 0 Å². The van der Waals surface area contributed by atoms with E-state index in [2.05, 4.69) is 32.1 Å². The zero-order valence-corrected chi connectivity index (χ0v) is 15.3. The van der Waals surface area contributed by atoms with Crippen LogP contribution in [0.1, 0.15) is 6.92 Å². The first-order valence-electron chi connectivity index (χ1n) is 8.32. The minimum Gasteiger partial charge on any atom is -0.487 e. The monoisotopic (exact) mass is 361 g/mol. The van der Waals surface area contributed by atoms with Crippen molar-refractivity contribution in [1.82, 2.24) is 20.3 Å². The van der Waals surface area contributed by atoms with Gasteiger partial charge in [-0.3, -0.25) is 0 Å². The maximum absolute atomic E-state index is 5.85. The Morgan fingerprint density at radius 2 is 2.04 bits per heavy atom. The molecule has 0 saturated carbocycles. The Bertz CT molecular complexity index is 688. The molecule has 3 heterocycles. The van der Waals surface area contributed by atoms with Crippen molar-refractivity contribution >= 4 is 17.6 Å². The van der Waals surface area contributed by atoms with Gasteiger partial charge in [-0.05, 0) is 25.3 Å². The van der Waals surface area contributed by atoms with Crippen molar-refractivity contribution in [2.45, 2.75) is 18.0 Å². The molecule has 1 N–H and O–H groups in total. The molecule has 1 fully saturated rings. The van der Waals surface area contributed by atoms with Gasteiger partial charge < -0.3 is 19.7 Å². The molecule has 8 heteroatoms. The number of pyridine rings is 1. The standard InChI is InChI=1S/C17H23N5O2S/c1-13-12-18-8-9-22(13)15-16(20-7-6-19-15)24-11-10-23-14-4-3-5-21-17(14)25-2/h3-7,13,18H,8-12H2,1-2H3/t13-/m1/s1. The third-order valence-corrected chi connectivity index (χ3v) is 4.62. The average Bonchev–Trinajstić information content (AvgIpc) is 2.66. The van der Waals surface area contributed by atoms with Crippen molar-refractivity contribution < 1.29 is 9.47 Å². The first-order valence-corrected chi connectivity index (χ1v) is 9.55. The van der Waals surface area contributed by atoms with Crippen LogP contribution in [0.3, 0.4) is 0 Å². The van der Waals surface area contributed by atoms with Crippen molar-refractivity contribution in [1.29, 1.82) is 0 Å². The second kappa shape index (κ2) is 8.87. The molecule has 1 aliphatic rings. The molecule has 3 rings (SSSR count). The zero-order chi connectivity index (χ0) is 17.5. The fourth-order valence-corrected chi connectivity index (χ4v) is 3.20. The number of hydrogen-bond donors (Lipinski definition) is 1. The molecule has 7 nitrogen and oxygen atoms in total. The van der Waals surface area contributed by atoms with Crippen molar-refractivity contribution in [2.75, 3.05) is 44.0 Å². The molecule has 134 valence electrons.